The van der Waals surface area contributed by atoms with Gasteiger partial charge in [0.2, 0.25) is 0 Å². The van der Waals surface area contributed by atoms with Gasteiger partial charge in [0, 0.05) is 0 Å². The standard InChI is InChI=1S/C11H24O2/c1-5-6-10(12)8-7-9(2)11(3,4)13/h9-10,12-13H,5-8H2,1-4H3/t9-,10-/m1/s1. The molecule has 2 nitrogen and oxygen atoms in total. The zero-order valence-electron chi connectivity index (χ0n) is 9.38. The third-order valence-corrected chi connectivity index (χ3v) is 2.76. The summed E-state index contributed by atoms with van der Waals surface area (Å²) in [6.45, 7) is 7.75. The molecule has 0 fully saturated rings. The van der Waals surface area contributed by atoms with Gasteiger partial charge in [0.25, 0.3) is 0 Å². The van der Waals surface area contributed by atoms with Gasteiger partial charge in [-0.05, 0) is 39.0 Å². The lowest BCUT2D eigenvalue weighted by Crippen LogP contribution is -2.29. The second-order valence-corrected chi connectivity index (χ2v) is 4.57. The molecule has 0 rings (SSSR count). The van der Waals surface area contributed by atoms with E-state index < -0.39 is 5.60 Å². The van der Waals surface area contributed by atoms with Gasteiger partial charge in [0.15, 0.2) is 0 Å². The largest absolute Gasteiger partial charge is 0.393 e. The van der Waals surface area contributed by atoms with Crippen molar-refractivity contribution in [3.05, 3.63) is 0 Å². The Balaban J connectivity index is 3.63. The fourth-order valence-electron chi connectivity index (χ4n) is 1.27. The van der Waals surface area contributed by atoms with E-state index in [0.29, 0.717) is 0 Å². The van der Waals surface area contributed by atoms with Crippen molar-refractivity contribution in [1.82, 2.24) is 0 Å². The molecule has 0 spiro atoms. The van der Waals surface area contributed by atoms with E-state index >= 15 is 0 Å². The van der Waals surface area contributed by atoms with E-state index in [2.05, 4.69) is 6.92 Å². The second kappa shape index (κ2) is 5.61. The topological polar surface area (TPSA) is 40.5 Å². The molecule has 0 aromatic heterocycles. The fourth-order valence-corrected chi connectivity index (χ4v) is 1.27. The van der Waals surface area contributed by atoms with Crippen LogP contribution in [-0.2, 0) is 0 Å². The van der Waals surface area contributed by atoms with E-state index in [-0.39, 0.29) is 12.0 Å². The maximum atomic E-state index is 9.65. The SMILES string of the molecule is CCC[C@@H](O)CC[C@@H](C)C(C)(C)O. The Morgan fingerprint density at radius 3 is 2.08 bits per heavy atom. The summed E-state index contributed by atoms with van der Waals surface area (Å²) in [5.74, 6) is 0.249. The van der Waals surface area contributed by atoms with Crippen molar-refractivity contribution in [1.29, 1.82) is 0 Å². The Morgan fingerprint density at radius 1 is 1.15 bits per heavy atom. The van der Waals surface area contributed by atoms with E-state index in [0.717, 1.165) is 25.7 Å². The maximum Gasteiger partial charge on any atom is 0.0617 e. The molecular formula is C11H24O2. The lowest BCUT2D eigenvalue weighted by Gasteiger charge is -2.26. The van der Waals surface area contributed by atoms with E-state index in [1.54, 1.807) is 0 Å². The molecule has 0 amide bonds. The summed E-state index contributed by atoms with van der Waals surface area (Å²) >= 11 is 0. The van der Waals surface area contributed by atoms with Crippen molar-refractivity contribution in [2.45, 2.75) is 65.1 Å². The highest BCUT2D eigenvalue weighted by atomic mass is 16.3. The summed E-state index contributed by atoms with van der Waals surface area (Å²) in [6.07, 6.45) is 3.41. The summed E-state index contributed by atoms with van der Waals surface area (Å²) in [5.41, 5.74) is -0.619. The molecule has 0 unspecified atom stereocenters. The van der Waals surface area contributed by atoms with Gasteiger partial charge in [0.1, 0.15) is 0 Å². The van der Waals surface area contributed by atoms with Gasteiger partial charge >= 0.3 is 0 Å². The lowest BCUT2D eigenvalue weighted by molar-refractivity contribution is 0.0143. The van der Waals surface area contributed by atoms with Crippen molar-refractivity contribution >= 4 is 0 Å². The third kappa shape index (κ3) is 6.05. The third-order valence-electron chi connectivity index (χ3n) is 2.76. The molecule has 0 heterocycles. The molecule has 2 heteroatoms. The second-order valence-electron chi connectivity index (χ2n) is 4.57. The first-order chi connectivity index (χ1) is 5.88. The molecule has 0 aliphatic carbocycles. The van der Waals surface area contributed by atoms with Gasteiger partial charge in [-0.1, -0.05) is 20.3 Å². The van der Waals surface area contributed by atoms with E-state index in [4.69, 9.17) is 0 Å². The van der Waals surface area contributed by atoms with Crippen LogP contribution >= 0.6 is 0 Å². The van der Waals surface area contributed by atoms with Crippen LogP contribution in [0.15, 0.2) is 0 Å². The van der Waals surface area contributed by atoms with Gasteiger partial charge in [-0.2, -0.15) is 0 Å². The average Bonchev–Trinajstić information content (AvgIpc) is 1.99. The smallest absolute Gasteiger partial charge is 0.0617 e. The number of aliphatic hydroxyl groups excluding tert-OH is 1. The molecule has 80 valence electrons. The van der Waals surface area contributed by atoms with Crippen molar-refractivity contribution < 1.29 is 10.2 Å². The van der Waals surface area contributed by atoms with Gasteiger partial charge in [-0.3, -0.25) is 0 Å². The Kier molecular flexibility index (Phi) is 5.57. The van der Waals surface area contributed by atoms with E-state index in [9.17, 15) is 10.2 Å². The predicted molar refractivity (Wildman–Crippen MR) is 55.6 cm³/mol. The van der Waals surface area contributed by atoms with Gasteiger partial charge in [0.05, 0.1) is 11.7 Å². The van der Waals surface area contributed by atoms with Gasteiger partial charge < -0.3 is 10.2 Å². The highest BCUT2D eigenvalue weighted by Crippen LogP contribution is 2.22. The first kappa shape index (κ1) is 12.9. The lowest BCUT2D eigenvalue weighted by atomic mass is 9.87. The normalized spacial score (nSPS) is 17.1. The monoisotopic (exact) mass is 188 g/mol. The Bertz CT molecular complexity index is 127. The molecule has 2 N–H and O–H groups in total. The molecule has 0 radical (unpaired) electrons. The molecule has 0 aliphatic heterocycles. The van der Waals surface area contributed by atoms with Crippen molar-refractivity contribution in [3.8, 4) is 0 Å². The van der Waals surface area contributed by atoms with Crippen LogP contribution in [0.25, 0.3) is 0 Å². The fraction of sp³-hybridized carbons (Fsp3) is 1.00. The molecule has 0 aromatic carbocycles. The Hall–Kier alpha value is -0.0800. The van der Waals surface area contributed by atoms with Crippen LogP contribution in [0.2, 0.25) is 0 Å². The minimum absolute atomic E-state index is 0.185. The summed E-state index contributed by atoms with van der Waals surface area (Å²) in [5, 5.41) is 19.1. The quantitative estimate of drug-likeness (QED) is 0.671. The van der Waals surface area contributed by atoms with Gasteiger partial charge in [-0.25, -0.2) is 0 Å². The van der Waals surface area contributed by atoms with Crippen LogP contribution in [0.3, 0.4) is 0 Å². The van der Waals surface area contributed by atoms with Gasteiger partial charge in [-0.15, -0.1) is 0 Å². The maximum absolute atomic E-state index is 9.65. The van der Waals surface area contributed by atoms with Crippen LogP contribution in [0.5, 0.6) is 0 Å². The summed E-state index contributed by atoms with van der Waals surface area (Å²) in [7, 11) is 0. The number of hydrogen-bond donors (Lipinski definition) is 2. The highest BCUT2D eigenvalue weighted by Gasteiger charge is 2.22. The minimum atomic E-state index is -0.619. The van der Waals surface area contributed by atoms with Crippen molar-refractivity contribution in [3.63, 3.8) is 0 Å². The molecule has 13 heavy (non-hydrogen) atoms. The van der Waals surface area contributed by atoms with Crippen LogP contribution in [-0.4, -0.2) is 21.9 Å². The van der Waals surface area contributed by atoms with Crippen LogP contribution in [0.1, 0.15) is 53.4 Å². The Morgan fingerprint density at radius 2 is 1.69 bits per heavy atom. The zero-order valence-corrected chi connectivity index (χ0v) is 9.38. The predicted octanol–water partition coefficient (Wildman–Crippen LogP) is 2.33. The van der Waals surface area contributed by atoms with Crippen LogP contribution < -0.4 is 0 Å². The first-order valence-electron chi connectivity index (χ1n) is 5.28. The van der Waals surface area contributed by atoms with Crippen molar-refractivity contribution in [2.75, 3.05) is 0 Å². The van der Waals surface area contributed by atoms with E-state index in [1.807, 2.05) is 20.8 Å². The Labute approximate surface area is 82.0 Å². The first-order valence-corrected chi connectivity index (χ1v) is 5.28. The molecule has 0 saturated heterocycles. The van der Waals surface area contributed by atoms with Crippen LogP contribution in [0, 0.1) is 5.92 Å². The number of rotatable bonds is 6. The highest BCUT2D eigenvalue weighted by molar-refractivity contribution is 4.74. The zero-order chi connectivity index (χ0) is 10.5. The minimum Gasteiger partial charge on any atom is -0.393 e. The summed E-state index contributed by atoms with van der Waals surface area (Å²) in [4.78, 5) is 0. The average molecular weight is 188 g/mol. The summed E-state index contributed by atoms with van der Waals surface area (Å²) in [6, 6.07) is 0. The molecule has 0 aliphatic rings. The van der Waals surface area contributed by atoms with Crippen LogP contribution in [0.4, 0.5) is 0 Å². The van der Waals surface area contributed by atoms with E-state index in [1.165, 1.54) is 0 Å². The number of aliphatic hydroxyl groups is 2. The molecule has 0 aromatic rings. The number of hydrogen-bond acceptors (Lipinski definition) is 2. The molecule has 0 saturated carbocycles. The molecule has 2 atom stereocenters. The molecule has 0 bridgehead atoms. The van der Waals surface area contributed by atoms with Crippen molar-refractivity contribution in [2.24, 2.45) is 5.92 Å². The summed E-state index contributed by atoms with van der Waals surface area (Å²) < 4.78 is 0. The molecular weight excluding hydrogens is 164 g/mol.